The second-order valence-corrected chi connectivity index (χ2v) is 8.23. The Balaban J connectivity index is 2.06. The summed E-state index contributed by atoms with van der Waals surface area (Å²) >= 11 is 6.06. The molecule has 0 spiro atoms. The molecular weight excluding hydrogens is 398 g/mol. The Kier molecular flexibility index (Phi) is 5.72. The summed E-state index contributed by atoms with van der Waals surface area (Å²) in [6.07, 6.45) is 0. The molecule has 0 aliphatic heterocycles. The third-order valence-corrected chi connectivity index (χ3v) is 5.74. The van der Waals surface area contributed by atoms with Crippen molar-refractivity contribution in [3.05, 3.63) is 88.4 Å². The van der Waals surface area contributed by atoms with Crippen LogP contribution in [0.4, 0.5) is 5.69 Å². The van der Waals surface area contributed by atoms with Crippen molar-refractivity contribution in [2.24, 2.45) is 0 Å². The number of ether oxygens (including phenoxy) is 1. The van der Waals surface area contributed by atoms with Crippen molar-refractivity contribution in [2.75, 3.05) is 11.8 Å². The third-order valence-electron chi connectivity index (χ3n) is 4.12. The van der Waals surface area contributed by atoms with Crippen LogP contribution in [0.25, 0.3) is 0 Å². The smallest absolute Gasteiger partial charge is 0.265 e. The zero-order chi connectivity index (χ0) is 20.3. The molecule has 0 aromatic heterocycles. The summed E-state index contributed by atoms with van der Waals surface area (Å²) in [5, 5.41) is 0.329. The average molecular weight is 416 g/mol. The van der Waals surface area contributed by atoms with E-state index in [4.69, 9.17) is 16.3 Å². The average Bonchev–Trinajstić information content (AvgIpc) is 2.69. The first-order valence-electron chi connectivity index (χ1n) is 8.38. The standard InChI is InChI=1S/C21H18ClNO4S/c1-14-8-11-19(27-2)20(12-14)28(25,26)23-18-10-9-16(22)13-17(18)21(24)15-6-4-3-5-7-15/h3-13,23H,1-2H3. The van der Waals surface area contributed by atoms with Gasteiger partial charge < -0.3 is 4.74 Å². The summed E-state index contributed by atoms with van der Waals surface area (Å²) in [6, 6.07) is 17.9. The third kappa shape index (κ3) is 4.18. The molecular formula is C21H18ClNO4S. The van der Waals surface area contributed by atoms with Crippen molar-refractivity contribution < 1.29 is 17.9 Å². The molecule has 3 rings (SSSR count). The molecule has 0 saturated heterocycles. The lowest BCUT2D eigenvalue weighted by Crippen LogP contribution is -2.17. The van der Waals surface area contributed by atoms with Gasteiger partial charge in [0, 0.05) is 16.1 Å². The number of hydrogen-bond acceptors (Lipinski definition) is 4. The zero-order valence-electron chi connectivity index (χ0n) is 15.3. The topological polar surface area (TPSA) is 72.5 Å². The molecule has 0 fully saturated rings. The van der Waals surface area contributed by atoms with Crippen LogP contribution in [0.15, 0.2) is 71.6 Å². The number of methoxy groups -OCH3 is 1. The summed E-state index contributed by atoms with van der Waals surface area (Å²) in [4.78, 5) is 12.9. The van der Waals surface area contributed by atoms with Crippen molar-refractivity contribution in [2.45, 2.75) is 11.8 Å². The molecule has 0 unspecified atom stereocenters. The number of sulfonamides is 1. The molecule has 3 aromatic rings. The van der Waals surface area contributed by atoms with E-state index in [2.05, 4.69) is 4.72 Å². The predicted molar refractivity (Wildman–Crippen MR) is 110 cm³/mol. The van der Waals surface area contributed by atoms with Gasteiger partial charge >= 0.3 is 0 Å². The molecule has 0 heterocycles. The summed E-state index contributed by atoms with van der Waals surface area (Å²) in [7, 11) is -2.60. The highest BCUT2D eigenvalue weighted by Gasteiger charge is 2.23. The van der Waals surface area contributed by atoms with Crippen LogP contribution >= 0.6 is 11.6 Å². The van der Waals surface area contributed by atoms with Crippen LogP contribution in [-0.4, -0.2) is 21.3 Å². The Morgan fingerprint density at radius 2 is 1.71 bits per heavy atom. The lowest BCUT2D eigenvalue weighted by Gasteiger charge is -2.15. The molecule has 0 aliphatic rings. The highest BCUT2D eigenvalue weighted by atomic mass is 35.5. The summed E-state index contributed by atoms with van der Waals surface area (Å²) in [5.41, 5.74) is 1.49. The van der Waals surface area contributed by atoms with Crippen molar-refractivity contribution in [1.29, 1.82) is 0 Å². The van der Waals surface area contributed by atoms with E-state index in [0.717, 1.165) is 5.56 Å². The molecule has 28 heavy (non-hydrogen) atoms. The Morgan fingerprint density at radius 1 is 1.00 bits per heavy atom. The molecule has 0 bridgehead atoms. The molecule has 0 saturated carbocycles. The second-order valence-electron chi connectivity index (χ2n) is 6.14. The molecule has 0 atom stereocenters. The number of hydrogen-bond donors (Lipinski definition) is 1. The number of aryl methyl sites for hydroxylation is 1. The van der Waals surface area contributed by atoms with Crippen molar-refractivity contribution in [3.8, 4) is 5.75 Å². The van der Waals surface area contributed by atoms with Crippen LogP contribution in [0.1, 0.15) is 21.5 Å². The lowest BCUT2D eigenvalue weighted by atomic mass is 10.0. The van der Waals surface area contributed by atoms with E-state index in [-0.39, 0.29) is 27.7 Å². The van der Waals surface area contributed by atoms with E-state index in [1.54, 1.807) is 49.4 Å². The fourth-order valence-corrected chi connectivity index (χ4v) is 4.24. The molecule has 1 N–H and O–H groups in total. The molecule has 0 aliphatic carbocycles. The number of carbonyl (C=O) groups excluding carboxylic acids is 1. The highest BCUT2D eigenvalue weighted by Crippen LogP contribution is 2.30. The van der Waals surface area contributed by atoms with Crippen LogP contribution < -0.4 is 9.46 Å². The maximum absolute atomic E-state index is 13.0. The maximum atomic E-state index is 13.0. The lowest BCUT2D eigenvalue weighted by molar-refractivity contribution is 0.103. The fourth-order valence-electron chi connectivity index (χ4n) is 2.73. The maximum Gasteiger partial charge on any atom is 0.265 e. The first-order chi connectivity index (χ1) is 13.3. The minimum absolute atomic E-state index is 0.0111. The zero-order valence-corrected chi connectivity index (χ0v) is 16.8. The number of rotatable bonds is 6. The van der Waals surface area contributed by atoms with E-state index in [0.29, 0.717) is 10.6 Å². The quantitative estimate of drug-likeness (QED) is 0.593. The number of nitrogens with one attached hydrogen (secondary N) is 1. The van der Waals surface area contributed by atoms with Gasteiger partial charge in [0.15, 0.2) is 5.78 Å². The van der Waals surface area contributed by atoms with Crippen LogP contribution in [-0.2, 0) is 10.0 Å². The Labute approximate surface area is 169 Å². The first-order valence-corrected chi connectivity index (χ1v) is 10.2. The van der Waals surface area contributed by atoms with Gasteiger partial charge in [-0.25, -0.2) is 8.42 Å². The van der Waals surface area contributed by atoms with Gasteiger partial charge in [0.25, 0.3) is 10.0 Å². The normalized spacial score (nSPS) is 11.1. The van der Waals surface area contributed by atoms with Gasteiger partial charge in [-0.05, 0) is 42.8 Å². The molecule has 5 nitrogen and oxygen atoms in total. The summed E-state index contributed by atoms with van der Waals surface area (Å²) in [6.45, 7) is 1.78. The fraction of sp³-hybridized carbons (Fsp3) is 0.0952. The highest BCUT2D eigenvalue weighted by molar-refractivity contribution is 7.92. The summed E-state index contributed by atoms with van der Waals surface area (Å²) in [5.74, 6) is -0.125. The molecule has 0 radical (unpaired) electrons. The first kappa shape index (κ1) is 19.9. The summed E-state index contributed by atoms with van der Waals surface area (Å²) < 4.78 is 33.7. The molecule has 7 heteroatoms. The minimum Gasteiger partial charge on any atom is -0.495 e. The van der Waals surface area contributed by atoms with Crippen molar-refractivity contribution in [3.63, 3.8) is 0 Å². The Hall–Kier alpha value is -2.83. The Bertz CT molecular complexity index is 1130. The largest absolute Gasteiger partial charge is 0.495 e. The van der Waals surface area contributed by atoms with Crippen LogP contribution in [0, 0.1) is 6.92 Å². The van der Waals surface area contributed by atoms with E-state index >= 15 is 0 Å². The monoisotopic (exact) mass is 415 g/mol. The van der Waals surface area contributed by atoms with E-state index in [9.17, 15) is 13.2 Å². The van der Waals surface area contributed by atoms with Gasteiger partial charge in [-0.15, -0.1) is 0 Å². The molecule has 0 amide bonds. The van der Waals surface area contributed by atoms with Crippen LogP contribution in [0.2, 0.25) is 5.02 Å². The molecule has 3 aromatic carbocycles. The number of benzene rings is 3. The van der Waals surface area contributed by atoms with Gasteiger partial charge in [0.1, 0.15) is 10.6 Å². The van der Waals surface area contributed by atoms with E-state index in [1.807, 2.05) is 0 Å². The Morgan fingerprint density at radius 3 is 2.39 bits per heavy atom. The van der Waals surface area contributed by atoms with Crippen LogP contribution in [0.3, 0.4) is 0 Å². The van der Waals surface area contributed by atoms with E-state index < -0.39 is 10.0 Å². The second kappa shape index (κ2) is 8.04. The van der Waals surface area contributed by atoms with Gasteiger partial charge in [-0.2, -0.15) is 0 Å². The van der Waals surface area contributed by atoms with Crippen LogP contribution in [0.5, 0.6) is 5.75 Å². The van der Waals surface area contributed by atoms with Gasteiger partial charge in [0.2, 0.25) is 0 Å². The predicted octanol–water partition coefficient (Wildman–Crippen LogP) is 4.69. The van der Waals surface area contributed by atoms with Gasteiger partial charge in [-0.1, -0.05) is 48.0 Å². The van der Waals surface area contributed by atoms with Crippen molar-refractivity contribution >= 4 is 33.1 Å². The van der Waals surface area contributed by atoms with E-state index in [1.165, 1.54) is 31.4 Å². The number of anilines is 1. The van der Waals surface area contributed by atoms with Gasteiger partial charge in [0.05, 0.1) is 12.8 Å². The number of ketones is 1. The number of carbonyl (C=O) groups is 1. The number of halogens is 1. The minimum atomic E-state index is -4.00. The SMILES string of the molecule is COc1ccc(C)cc1S(=O)(=O)Nc1ccc(Cl)cc1C(=O)c1ccccc1. The molecule has 144 valence electrons. The van der Waals surface area contributed by atoms with Crippen molar-refractivity contribution in [1.82, 2.24) is 0 Å². The van der Waals surface area contributed by atoms with Gasteiger partial charge in [-0.3, -0.25) is 9.52 Å².